The molecule has 0 N–H and O–H groups in total. The predicted molar refractivity (Wildman–Crippen MR) is 110 cm³/mol. The molecule has 0 aliphatic rings. The van der Waals surface area contributed by atoms with E-state index in [4.69, 9.17) is 23.4 Å². The first-order valence-corrected chi connectivity index (χ1v) is 9.21. The van der Waals surface area contributed by atoms with Crippen LogP contribution in [0.4, 0.5) is 0 Å². The zero-order chi connectivity index (χ0) is 20.7. The maximum Gasteiger partial charge on any atom is 0.339 e. The van der Waals surface area contributed by atoms with Gasteiger partial charge < -0.3 is 23.4 Å². The Morgan fingerprint density at radius 3 is 2.14 bits per heavy atom. The van der Waals surface area contributed by atoms with Crippen molar-refractivity contribution in [2.45, 2.75) is 33.8 Å². The van der Waals surface area contributed by atoms with Crippen molar-refractivity contribution in [3.63, 3.8) is 0 Å². The van der Waals surface area contributed by atoms with E-state index in [9.17, 15) is 4.79 Å². The summed E-state index contributed by atoms with van der Waals surface area (Å²) in [6, 6.07) is 6.67. The molecule has 1 aromatic heterocycles. The molecule has 152 valence electrons. The zero-order valence-electron chi connectivity index (χ0n) is 17.3. The monoisotopic (exact) mass is 388 g/mol. The quantitative estimate of drug-likeness (QED) is 0.623. The average molecular weight is 388 g/mol. The molecule has 0 amide bonds. The molecule has 0 radical (unpaired) electrons. The van der Waals surface area contributed by atoms with E-state index in [1.54, 1.807) is 32.4 Å². The molecule has 0 bridgehead atoms. The lowest BCUT2D eigenvalue weighted by atomic mass is 10.1. The van der Waals surface area contributed by atoms with Crippen molar-refractivity contribution in [3.8, 4) is 23.0 Å². The third kappa shape index (κ3) is 6.08. The number of hydrogen-bond acceptors (Lipinski definition) is 6. The lowest BCUT2D eigenvalue weighted by Crippen LogP contribution is -2.08. The van der Waals surface area contributed by atoms with E-state index in [0.29, 0.717) is 41.3 Å². The smallest absolute Gasteiger partial charge is 0.339 e. The maximum atomic E-state index is 11.7. The van der Waals surface area contributed by atoms with Gasteiger partial charge in [0.05, 0.1) is 33.0 Å². The molecule has 0 unspecified atom stereocenters. The van der Waals surface area contributed by atoms with Crippen LogP contribution >= 0.6 is 0 Å². The summed E-state index contributed by atoms with van der Waals surface area (Å²) in [5.41, 5.74) is 0.342. The van der Waals surface area contributed by atoms with Gasteiger partial charge in [0, 0.05) is 6.07 Å². The minimum Gasteiger partial charge on any atom is -0.493 e. The molecular formula is C22H28O6. The summed E-state index contributed by atoms with van der Waals surface area (Å²) < 4.78 is 27.6. The summed E-state index contributed by atoms with van der Waals surface area (Å²) in [6.07, 6.45) is 3.46. The largest absolute Gasteiger partial charge is 0.493 e. The second-order valence-corrected chi connectivity index (χ2v) is 6.97. The third-order valence-electron chi connectivity index (χ3n) is 3.62. The summed E-state index contributed by atoms with van der Waals surface area (Å²) in [7, 11) is 3.16. The number of methoxy groups -OCH3 is 2. The lowest BCUT2D eigenvalue weighted by Gasteiger charge is -2.16. The van der Waals surface area contributed by atoms with E-state index in [-0.39, 0.29) is 6.10 Å². The van der Waals surface area contributed by atoms with Gasteiger partial charge in [-0.05, 0) is 43.5 Å². The SMILES string of the molecule is COc1cc(C=Cc2cc(OC(C)C)cc(=O)o2)cc(OC)c1OCC(C)C. The molecule has 0 fully saturated rings. The van der Waals surface area contributed by atoms with Gasteiger partial charge in [0.1, 0.15) is 11.5 Å². The Labute approximate surface area is 165 Å². The molecule has 6 heteroatoms. The molecule has 6 nitrogen and oxygen atoms in total. The van der Waals surface area contributed by atoms with E-state index in [1.807, 2.05) is 26.0 Å². The highest BCUT2D eigenvalue weighted by molar-refractivity contribution is 5.71. The van der Waals surface area contributed by atoms with Crippen LogP contribution in [0.5, 0.6) is 23.0 Å². The lowest BCUT2D eigenvalue weighted by molar-refractivity contribution is 0.239. The zero-order valence-corrected chi connectivity index (χ0v) is 17.3. The van der Waals surface area contributed by atoms with Crippen molar-refractivity contribution in [2.24, 2.45) is 5.92 Å². The van der Waals surface area contributed by atoms with Crippen LogP contribution in [0.15, 0.2) is 33.5 Å². The van der Waals surface area contributed by atoms with E-state index in [1.165, 1.54) is 6.07 Å². The minimum absolute atomic E-state index is 0.0365. The van der Waals surface area contributed by atoms with E-state index in [0.717, 1.165) is 5.56 Å². The fourth-order valence-electron chi connectivity index (χ4n) is 2.46. The van der Waals surface area contributed by atoms with Crippen LogP contribution in [0.1, 0.15) is 39.0 Å². The van der Waals surface area contributed by atoms with Crippen LogP contribution in [-0.2, 0) is 0 Å². The molecule has 2 aromatic rings. The van der Waals surface area contributed by atoms with Crippen LogP contribution in [0.2, 0.25) is 0 Å². The van der Waals surface area contributed by atoms with Crippen molar-refractivity contribution in [2.75, 3.05) is 20.8 Å². The van der Waals surface area contributed by atoms with Crippen molar-refractivity contribution in [1.82, 2.24) is 0 Å². The first-order chi connectivity index (χ1) is 13.3. The Bertz CT molecular complexity index is 839. The Hall–Kier alpha value is -2.89. The van der Waals surface area contributed by atoms with Crippen LogP contribution in [0.25, 0.3) is 12.2 Å². The summed E-state index contributed by atoms with van der Waals surface area (Å²) in [4.78, 5) is 11.7. The fraction of sp³-hybridized carbons (Fsp3) is 0.409. The van der Waals surface area contributed by atoms with Gasteiger partial charge in [-0.1, -0.05) is 19.9 Å². The second kappa shape index (κ2) is 9.88. The first kappa shape index (κ1) is 21.4. The number of benzene rings is 1. The molecule has 0 spiro atoms. The average Bonchev–Trinajstić information content (AvgIpc) is 2.63. The fourth-order valence-corrected chi connectivity index (χ4v) is 2.46. The van der Waals surface area contributed by atoms with E-state index in [2.05, 4.69) is 13.8 Å². The predicted octanol–water partition coefficient (Wildman–Crippen LogP) is 4.65. The molecular weight excluding hydrogens is 360 g/mol. The maximum absolute atomic E-state index is 11.7. The molecule has 1 heterocycles. The van der Waals surface area contributed by atoms with Crippen molar-refractivity contribution < 1.29 is 23.4 Å². The van der Waals surface area contributed by atoms with Gasteiger partial charge in [-0.3, -0.25) is 0 Å². The van der Waals surface area contributed by atoms with Crippen LogP contribution in [0, 0.1) is 5.92 Å². The molecule has 0 aliphatic carbocycles. The number of hydrogen-bond donors (Lipinski definition) is 0. The molecule has 0 saturated carbocycles. The topological polar surface area (TPSA) is 67.1 Å². The van der Waals surface area contributed by atoms with Gasteiger partial charge in [0.25, 0.3) is 0 Å². The highest BCUT2D eigenvalue weighted by atomic mass is 16.5. The van der Waals surface area contributed by atoms with Gasteiger partial charge in [-0.2, -0.15) is 0 Å². The highest BCUT2D eigenvalue weighted by Crippen LogP contribution is 2.39. The van der Waals surface area contributed by atoms with Crippen LogP contribution in [0.3, 0.4) is 0 Å². The summed E-state index contributed by atoms with van der Waals surface area (Å²) in [5, 5.41) is 0. The van der Waals surface area contributed by atoms with Gasteiger partial charge in [-0.25, -0.2) is 4.79 Å². The Kier molecular flexibility index (Phi) is 7.55. The Morgan fingerprint density at radius 2 is 1.61 bits per heavy atom. The van der Waals surface area contributed by atoms with Crippen molar-refractivity contribution in [1.29, 1.82) is 0 Å². The summed E-state index contributed by atoms with van der Waals surface area (Å²) in [5.74, 6) is 2.93. The van der Waals surface area contributed by atoms with Gasteiger partial charge in [0.2, 0.25) is 5.75 Å². The molecule has 1 aromatic carbocycles. The standard InChI is InChI=1S/C22H28O6/c1-14(2)13-26-22-19(24-5)9-16(10-20(22)25-6)7-8-17-11-18(27-15(3)4)12-21(23)28-17/h7-12,14-15H,13H2,1-6H3. The molecule has 0 atom stereocenters. The Morgan fingerprint density at radius 1 is 0.964 bits per heavy atom. The van der Waals surface area contributed by atoms with Gasteiger partial charge >= 0.3 is 5.63 Å². The number of rotatable bonds is 9. The van der Waals surface area contributed by atoms with Crippen molar-refractivity contribution >= 4 is 12.2 Å². The van der Waals surface area contributed by atoms with E-state index >= 15 is 0 Å². The molecule has 28 heavy (non-hydrogen) atoms. The molecule has 2 rings (SSSR count). The van der Waals surface area contributed by atoms with Crippen LogP contribution < -0.4 is 24.6 Å². The molecule has 0 saturated heterocycles. The second-order valence-electron chi connectivity index (χ2n) is 6.97. The molecule has 0 aliphatic heterocycles. The van der Waals surface area contributed by atoms with Crippen molar-refractivity contribution in [3.05, 3.63) is 46.0 Å². The van der Waals surface area contributed by atoms with Gasteiger partial charge in [-0.15, -0.1) is 0 Å². The van der Waals surface area contributed by atoms with Gasteiger partial charge in [0.15, 0.2) is 11.5 Å². The normalized spacial score (nSPS) is 11.3. The minimum atomic E-state index is -0.467. The first-order valence-electron chi connectivity index (χ1n) is 9.21. The van der Waals surface area contributed by atoms with E-state index < -0.39 is 5.63 Å². The Balaban J connectivity index is 2.33. The van der Waals surface area contributed by atoms with Crippen LogP contribution in [-0.4, -0.2) is 26.9 Å². The third-order valence-corrected chi connectivity index (χ3v) is 3.62. The highest BCUT2D eigenvalue weighted by Gasteiger charge is 2.14. The number of ether oxygens (including phenoxy) is 4. The summed E-state index contributed by atoms with van der Waals surface area (Å²) in [6.45, 7) is 8.48. The summed E-state index contributed by atoms with van der Waals surface area (Å²) >= 11 is 0.